The van der Waals surface area contributed by atoms with Crippen LogP contribution < -0.4 is 5.32 Å². The van der Waals surface area contributed by atoms with Crippen LogP contribution in [0.3, 0.4) is 0 Å². The number of aromatic nitrogens is 3. The van der Waals surface area contributed by atoms with Gasteiger partial charge in [0.15, 0.2) is 0 Å². The zero-order valence-corrected chi connectivity index (χ0v) is 13.7. The molecule has 6 nitrogen and oxygen atoms in total. The van der Waals surface area contributed by atoms with E-state index in [0.717, 1.165) is 22.3 Å². The molecule has 3 N–H and O–H groups in total. The van der Waals surface area contributed by atoms with E-state index in [-0.39, 0.29) is 30.4 Å². The lowest BCUT2D eigenvalue weighted by molar-refractivity contribution is -0.122. The van der Waals surface area contributed by atoms with Gasteiger partial charge in [-0.05, 0) is 37.0 Å². The molecule has 1 saturated carbocycles. The molecule has 128 valence electrons. The van der Waals surface area contributed by atoms with Gasteiger partial charge in [0.25, 0.3) is 0 Å². The van der Waals surface area contributed by atoms with E-state index in [2.05, 4.69) is 20.5 Å². The summed E-state index contributed by atoms with van der Waals surface area (Å²) in [5, 5.41) is 20.9. The van der Waals surface area contributed by atoms with Crippen molar-refractivity contribution in [2.24, 2.45) is 5.92 Å². The number of amides is 1. The maximum atomic E-state index is 12.6. The molecule has 2 heterocycles. The predicted molar refractivity (Wildman–Crippen MR) is 93.6 cm³/mol. The Bertz CT molecular complexity index is 871. The first-order valence-electron chi connectivity index (χ1n) is 8.51. The van der Waals surface area contributed by atoms with Crippen LogP contribution in [-0.4, -0.2) is 32.3 Å². The smallest absolute Gasteiger partial charge is 0.226 e. The average Bonchev–Trinajstić information content (AvgIpc) is 3.01. The lowest BCUT2D eigenvalue weighted by Crippen LogP contribution is -2.42. The number of hydrogen-bond donors (Lipinski definition) is 3. The van der Waals surface area contributed by atoms with Crippen LogP contribution >= 0.6 is 0 Å². The van der Waals surface area contributed by atoms with Crippen LogP contribution in [-0.2, 0) is 11.2 Å². The van der Waals surface area contributed by atoms with E-state index in [4.69, 9.17) is 0 Å². The summed E-state index contributed by atoms with van der Waals surface area (Å²) < 4.78 is 0. The summed E-state index contributed by atoms with van der Waals surface area (Å²) in [4.78, 5) is 17.0. The van der Waals surface area contributed by atoms with Crippen molar-refractivity contribution in [1.82, 2.24) is 20.5 Å². The van der Waals surface area contributed by atoms with Gasteiger partial charge in [0.1, 0.15) is 0 Å². The predicted octanol–water partition coefficient (Wildman–Crippen LogP) is 2.13. The van der Waals surface area contributed by atoms with E-state index >= 15 is 0 Å². The molecule has 6 heteroatoms. The number of carbonyl (C=O) groups is 1. The Hall–Kier alpha value is -2.73. The van der Waals surface area contributed by atoms with E-state index in [0.29, 0.717) is 12.8 Å². The molecule has 4 rings (SSSR count). The molecular weight excluding hydrogens is 316 g/mol. The van der Waals surface area contributed by atoms with Crippen LogP contribution in [0, 0.1) is 5.92 Å². The first-order valence-corrected chi connectivity index (χ1v) is 8.51. The highest BCUT2D eigenvalue weighted by Gasteiger charge is 2.36. The average molecular weight is 336 g/mol. The summed E-state index contributed by atoms with van der Waals surface area (Å²) in [6.07, 6.45) is 3.07. The van der Waals surface area contributed by atoms with Crippen molar-refractivity contribution in [1.29, 1.82) is 0 Å². The SMILES string of the molecule is O=C(Cc1[nH]nc2ccccc12)N[C@@H](c1ccccn1)C1CC(O)C1. The van der Waals surface area contributed by atoms with Gasteiger partial charge in [0, 0.05) is 11.6 Å². The third-order valence-electron chi connectivity index (χ3n) is 4.82. The number of aromatic amines is 1. The zero-order chi connectivity index (χ0) is 17.2. The minimum Gasteiger partial charge on any atom is -0.393 e. The summed E-state index contributed by atoms with van der Waals surface area (Å²) in [5.74, 6) is 0.138. The lowest BCUT2D eigenvalue weighted by Gasteiger charge is -2.37. The molecule has 3 aromatic rings. The Balaban J connectivity index is 1.50. The lowest BCUT2D eigenvalue weighted by atomic mass is 9.76. The van der Waals surface area contributed by atoms with E-state index < -0.39 is 0 Å². The van der Waals surface area contributed by atoms with E-state index in [1.54, 1.807) is 6.20 Å². The molecule has 25 heavy (non-hydrogen) atoms. The highest BCUT2D eigenvalue weighted by atomic mass is 16.3. The Labute approximate surface area is 145 Å². The van der Waals surface area contributed by atoms with Crippen LogP contribution in [0.15, 0.2) is 48.7 Å². The van der Waals surface area contributed by atoms with Crippen LogP contribution in [0.2, 0.25) is 0 Å². The number of aliphatic hydroxyl groups is 1. The summed E-state index contributed by atoms with van der Waals surface area (Å²) in [5.41, 5.74) is 2.50. The van der Waals surface area contributed by atoms with E-state index in [1.165, 1.54) is 0 Å². The van der Waals surface area contributed by atoms with E-state index in [1.807, 2.05) is 42.5 Å². The van der Waals surface area contributed by atoms with Gasteiger partial charge in [-0.25, -0.2) is 0 Å². The van der Waals surface area contributed by atoms with Gasteiger partial charge in [0.05, 0.1) is 35.5 Å². The van der Waals surface area contributed by atoms with Crippen LogP contribution in [0.1, 0.15) is 30.3 Å². The summed E-state index contributed by atoms with van der Waals surface area (Å²) in [6, 6.07) is 13.2. The molecule has 0 radical (unpaired) electrons. The maximum Gasteiger partial charge on any atom is 0.226 e. The van der Waals surface area contributed by atoms with Crippen molar-refractivity contribution in [3.05, 3.63) is 60.0 Å². The van der Waals surface area contributed by atoms with Gasteiger partial charge < -0.3 is 10.4 Å². The standard InChI is InChI=1S/C19H20N4O2/c24-13-9-12(10-13)19(16-7-3-4-8-20-16)21-18(25)11-17-14-5-1-2-6-15(14)22-23-17/h1-8,12-13,19,24H,9-11H2,(H,21,25)(H,22,23)/t12?,13?,19-/m1/s1. The van der Waals surface area contributed by atoms with Crippen LogP contribution in [0.25, 0.3) is 10.9 Å². The number of pyridine rings is 1. The van der Waals surface area contributed by atoms with Crippen LogP contribution in [0.5, 0.6) is 0 Å². The molecule has 0 spiro atoms. The minimum atomic E-state index is -0.273. The monoisotopic (exact) mass is 336 g/mol. The van der Waals surface area contributed by atoms with Crippen molar-refractivity contribution >= 4 is 16.8 Å². The molecule has 1 aromatic carbocycles. The first-order chi connectivity index (χ1) is 12.2. The van der Waals surface area contributed by atoms with Gasteiger partial charge in [-0.15, -0.1) is 0 Å². The molecule has 1 amide bonds. The number of nitrogens with one attached hydrogen (secondary N) is 2. The number of rotatable bonds is 5. The molecule has 0 bridgehead atoms. The normalized spacial score (nSPS) is 20.8. The van der Waals surface area contributed by atoms with Gasteiger partial charge in [0.2, 0.25) is 5.91 Å². The number of hydrogen-bond acceptors (Lipinski definition) is 4. The molecule has 1 aliphatic rings. The highest BCUT2D eigenvalue weighted by molar-refractivity contribution is 5.87. The maximum absolute atomic E-state index is 12.6. The fourth-order valence-corrected chi connectivity index (χ4v) is 3.43. The Morgan fingerprint density at radius 2 is 2.04 bits per heavy atom. The highest BCUT2D eigenvalue weighted by Crippen LogP contribution is 2.37. The summed E-state index contributed by atoms with van der Waals surface area (Å²) >= 11 is 0. The van der Waals surface area contributed by atoms with Crippen molar-refractivity contribution in [2.45, 2.75) is 31.4 Å². The fraction of sp³-hybridized carbons (Fsp3) is 0.316. The number of nitrogens with zero attached hydrogens (tertiary/aromatic N) is 2. The van der Waals surface area contributed by atoms with Crippen molar-refractivity contribution in [3.8, 4) is 0 Å². The molecule has 1 atom stereocenters. The topological polar surface area (TPSA) is 90.9 Å². The van der Waals surface area contributed by atoms with Gasteiger partial charge in [-0.2, -0.15) is 5.10 Å². The third-order valence-corrected chi connectivity index (χ3v) is 4.82. The number of benzene rings is 1. The fourth-order valence-electron chi connectivity index (χ4n) is 3.43. The number of carbonyl (C=O) groups excluding carboxylic acids is 1. The molecule has 1 aliphatic carbocycles. The number of fused-ring (bicyclic) bond motifs is 1. The zero-order valence-electron chi connectivity index (χ0n) is 13.7. The molecular formula is C19H20N4O2. The number of H-pyrrole nitrogens is 1. The molecule has 1 fully saturated rings. The third kappa shape index (κ3) is 3.25. The molecule has 0 saturated heterocycles. The largest absolute Gasteiger partial charge is 0.393 e. The Kier molecular flexibility index (Phi) is 4.19. The second-order valence-electron chi connectivity index (χ2n) is 6.58. The minimum absolute atomic E-state index is 0.0774. The van der Waals surface area contributed by atoms with Crippen LogP contribution in [0.4, 0.5) is 0 Å². The number of aliphatic hydroxyl groups excluding tert-OH is 1. The van der Waals surface area contributed by atoms with Crippen molar-refractivity contribution in [3.63, 3.8) is 0 Å². The van der Waals surface area contributed by atoms with Gasteiger partial charge in [-0.1, -0.05) is 24.3 Å². The number of para-hydroxylation sites is 1. The molecule has 2 aromatic heterocycles. The quantitative estimate of drug-likeness (QED) is 0.666. The second kappa shape index (κ2) is 6.64. The van der Waals surface area contributed by atoms with E-state index in [9.17, 15) is 9.90 Å². The van der Waals surface area contributed by atoms with Gasteiger partial charge >= 0.3 is 0 Å². The summed E-state index contributed by atoms with van der Waals surface area (Å²) in [6.45, 7) is 0. The second-order valence-corrected chi connectivity index (χ2v) is 6.58. The summed E-state index contributed by atoms with van der Waals surface area (Å²) in [7, 11) is 0. The molecule has 0 aliphatic heterocycles. The Morgan fingerprint density at radius 3 is 2.80 bits per heavy atom. The van der Waals surface area contributed by atoms with Gasteiger partial charge in [-0.3, -0.25) is 14.9 Å². The first kappa shape index (κ1) is 15.8. The van der Waals surface area contributed by atoms with Crippen molar-refractivity contribution in [2.75, 3.05) is 0 Å². The van der Waals surface area contributed by atoms with Crippen molar-refractivity contribution < 1.29 is 9.90 Å². The molecule has 0 unspecified atom stereocenters. The Morgan fingerprint density at radius 1 is 1.24 bits per heavy atom.